The van der Waals surface area contributed by atoms with E-state index in [-0.39, 0.29) is 11.8 Å². The number of amides is 2. The highest BCUT2D eigenvalue weighted by molar-refractivity contribution is 8.26. The van der Waals surface area contributed by atoms with Crippen LogP contribution < -0.4 is 4.90 Å². The van der Waals surface area contributed by atoms with Crippen molar-refractivity contribution in [3.05, 3.63) is 58.0 Å². The standard InChI is InChI=1S/C20H19N3O2S3/c1-5-9-22-18(25)17(28-20(22)26)10-15-11-27-19(21-15)23(14(4)24)16-8-6-7-12(2)13(16)3/h5-8,10-11H,1,9H2,2-4H3/b17-10+. The summed E-state index contributed by atoms with van der Waals surface area (Å²) in [6, 6.07) is 5.84. The molecule has 0 spiro atoms. The van der Waals surface area contributed by atoms with E-state index in [0.29, 0.717) is 26.6 Å². The number of aromatic nitrogens is 1. The Morgan fingerprint density at radius 1 is 1.39 bits per heavy atom. The Morgan fingerprint density at radius 2 is 2.14 bits per heavy atom. The predicted octanol–water partition coefficient (Wildman–Crippen LogP) is 4.83. The molecule has 0 N–H and O–H groups in total. The molecule has 2 aromatic rings. The maximum absolute atomic E-state index is 12.5. The van der Waals surface area contributed by atoms with Crippen molar-refractivity contribution in [2.45, 2.75) is 20.8 Å². The summed E-state index contributed by atoms with van der Waals surface area (Å²) in [5, 5.41) is 2.39. The summed E-state index contributed by atoms with van der Waals surface area (Å²) in [6.07, 6.45) is 3.35. The van der Waals surface area contributed by atoms with Crippen molar-refractivity contribution in [2.24, 2.45) is 0 Å². The SMILES string of the molecule is C=CCN1C(=O)/C(=C\c2csc(N(C(C)=O)c3cccc(C)c3C)n2)SC1=S. The summed E-state index contributed by atoms with van der Waals surface area (Å²) in [6.45, 7) is 9.55. The highest BCUT2D eigenvalue weighted by Gasteiger charge is 2.31. The van der Waals surface area contributed by atoms with Gasteiger partial charge < -0.3 is 0 Å². The largest absolute Gasteiger partial charge is 0.289 e. The lowest BCUT2D eigenvalue weighted by atomic mass is 10.1. The summed E-state index contributed by atoms with van der Waals surface area (Å²) in [5.74, 6) is -0.269. The van der Waals surface area contributed by atoms with Gasteiger partial charge in [0.25, 0.3) is 5.91 Å². The zero-order chi connectivity index (χ0) is 20.4. The van der Waals surface area contributed by atoms with Crippen molar-refractivity contribution < 1.29 is 9.59 Å². The van der Waals surface area contributed by atoms with Gasteiger partial charge in [-0.05, 0) is 37.1 Å². The first kappa shape index (κ1) is 20.4. The second-order valence-electron chi connectivity index (χ2n) is 6.21. The van der Waals surface area contributed by atoms with E-state index in [4.69, 9.17) is 12.2 Å². The van der Waals surface area contributed by atoms with Crippen molar-refractivity contribution in [1.29, 1.82) is 0 Å². The molecule has 0 unspecified atom stereocenters. The summed E-state index contributed by atoms with van der Waals surface area (Å²) < 4.78 is 0.507. The highest BCUT2D eigenvalue weighted by Crippen LogP contribution is 2.35. The minimum Gasteiger partial charge on any atom is -0.289 e. The zero-order valence-corrected chi connectivity index (χ0v) is 18.2. The Labute approximate surface area is 177 Å². The molecule has 28 heavy (non-hydrogen) atoms. The molecule has 1 fully saturated rings. The molecule has 1 aliphatic rings. The minimum absolute atomic E-state index is 0.119. The average Bonchev–Trinajstić information content (AvgIpc) is 3.19. The maximum Gasteiger partial charge on any atom is 0.266 e. The van der Waals surface area contributed by atoms with E-state index < -0.39 is 0 Å². The van der Waals surface area contributed by atoms with Gasteiger partial charge in [0.2, 0.25) is 5.91 Å². The van der Waals surface area contributed by atoms with Crippen LogP contribution in [0.2, 0.25) is 0 Å². The van der Waals surface area contributed by atoms with Crippen LogP contribution in [0.1, 0.15) is 23.7 Å². The normalized spacial score (nSPS) is 15.4. The smallest absolute Gasteiger partial charge is 0.266 e. The molecule has 144 valence electrons. The lowest BCUT2D eigenvalue weighted by molar-refractivity contribution is -0.121. The third-order valence-electron chi connectivity index (χ3n) is 4.30. The lowest BCUT2D eigenvalue weighted by Crippen LogP contribution is -2.27. The number of hydrogen-bond donors (Lipinski definition) is 0. The van der Waals surface area contributed by atoms with Gasteiger partial charge in [0.1, 0.15) is 4.32 Å². The third-order valence-corrected chi connectivity index (χ3v) is 6.52. The molecule has 1 aromatic heterocycles. The number of benzene rings is 1. The van der Waals surface area contributed by atoms with Crippen LogP contribution in [0.15, 0.2) is 41.1 Å². The first-order chi connectivity index (χ1) is 13.3. The predicted molar refractivity (Wildman–Crippen MR) is 121 cm³/mol. The van der Waals surface area contributed by atoms with Gasteiger partial charge in [-0.25, -0.2) is 4.98 Å². The van der Waals surface area contributed by atoms with Crippen LogP contribution in [0, 0.1) is 13.8 Å². The highest BCUT2D eigenvalue weighted by atomic mass is 32.2. The molecule has 0 saturated carbocycles. The number of carbonyl (C=O) groups is 2. The maximum atomic E-state index is 12.5. The van der Waals surface area contributed by atoms with Crippen LogP contribution in [0.25, 0.3) is 6.08 Å². The van der Waals surface area contributed by atoms with Gasteiger partial charge in [0.05, 0.1) is 16.3 Å². The number of thiazole rings is 1. The minimum atomic E-state index is -0.151. The molecule has 0 radical (unpaired) electrons. The molecule has 1 aromatic carbocycles. The van der Waals surface area contributed by atoms with Crippen LogP contribution in [0.5, 0.6) is 0 Å². The third kappa shape index (κ3) is 3.94. The average molecular weight is 430 g/mol. The lowest BCUT2D eigenvalue weighted by Gasteiger charge is -2.21. The summed E-state index contributed by atoms with van der Waals surface area (Å²) >= 11 is 7.86. The van der Waals surface area contributed by atoms with E-state index in [9.17, 15) is 9.59 Å². The van der Waals surface area contributed by atoms with Gasteiger partial charge in [-0.3, -0.25) is 19.4 Å². The van der Waals surface area contributed by atoms with Gasteiger partial charge in [-0.15, -0.1) is 17.9 Å². The number of nitrogens with zero attached hydrogens (tertiary/aromatic N) is 3. The number of thioether (sulfide) groups is 1. The van der Waals surface area contributed by atoms with Crippen LogP contribution in [-0.4, -0.2) is 32.6 Å². The second kappa shape index (κ2) is 8.38. The topological polar surface area (TPSA) is 53.5 Å². The van der Waals surface area contributed by atoms with Gasteiger partial charge in [-0.2, -0.15) is 0 Å². The number of anilines is 2. The molecule has 2 amide bonds. The summed E-state index contributed by atoms with van der Waals surface area (Å²) in [4.78, 5) is 33.0. The Bertz CT molecular complexity index is 1010. The number of rotatable bonds is 5. The molecular weight excluding hydrogens is 410 g/mol. The first-order valence-electron chi connectivity index (χ1n) is 8.52. The molecule has 0 bridgehead atoms. The Balaban J connectivity index is 1.93. The van der Waals surface area contributed by atoms with E-state index >= 15 is 0 Å². The fraction of sp³-hybridized carbons (Fsp3) is 0.200. The molecule has 8 heteroatoms. The molecule has 1 saturated heterocycles. The van der Waals surface area contributed by atoms with Gasteiger partial charge in [-0.1, -0.05) is 42.2 Å². The monoisotopic (exact) mass is 429 g/mol. The molecule has 1 aliphatic heterocycles. The van der Waals surface area contributed by atoms with E-state index in [1.165, 1.54) is 34.9 Å². The van der Waals surface area contributed by atoms with Gasteiger partial charge >= 0.3 is 0 Å². The Kier molecular flexibility index (Phi) is 6.12. The summed E-state index contributed by atoms with van der Waals surface area (Å²) in [5.41, 5.74) is 3.56. The van der Waals surface area contributed by atoms with E-state index in [2.05, 4.69) is 11.6 Å². The fourth-order valence-corrected chi connectivity index (χ4v) is 4.85. The molecule has 3 rings (SSSR count). The number of thiocarbonyl (C=S) groups is 1. The number of aryl methyl sites for hydroxylation is 1. The second-order valence-corrected chi connectivity index (χ2v) is 8.72. The number of carbonyl (C=O) groups excluding carboxylic acids is 2. The molecule has 0 atom stereocenters. The Morgan fingerprint density at radius 3 is 2.82 bits per heavy atom. The van der Waals surface area contributed by atoms with Crippen LogP contribution in [0.4, 0.5) is 10.8 Å². The van der Waals surface area contributed by atoms with Crippen LogP contribution >= 0.6 is 35.3 Å². The van der Waals surface area contributed by atoms with E-state index in [0.717, 1.165) is 16.8 Å². The molecular formula is C20H19N3O2S3. The van der Waals surface area contributed by atoms with Crippen molar-refractivity contribution in [3.8, 4) is 0 Å². The van der Waals surface area contributed by atoms with Gasteiger partial charge in [0.15, 0.2) is 5.13 Å². The van der Waals surface area contributed by atoms with Crippen molar-refractivity contribution >= 4 is 68.3 Å². The van der Waals surface area contributed by atoms with Crippen molar-refractivity contribution in [1.82, 2.24) is 9.88 Å². The fourth-order valence-electron chi connectivity index (χ4n) is 2.75. The van der Waals surface area contributed by atoms with Gasteiger partial charge in [0, 0.05) is 18.8 Å². The molecule has 2 heterocycles. The number of hydrogen-bond acceptors (Lipinski definition) is 6. The quantitative estimate of drug-likeness (QED) is 0.387. The van der Waals surface area contributed by atoms with Crippen LogP contribution in [0.3, 0.4) is 0 Å². The molecule has 5 nitrogen and oxygen atoms in total. The van der Waals surface area contributed by atoms with Crippen molar-refractivity contribution in [3.63, 3.8) is 0 Å². The molecule has 0 aliphatic carbocycles. The van der Waals surface area contributed by atoms with E-state index in [1.54, 1.807) is 17.1 Å². The first-order valence-corrected chi connectivity index (χ1v) is 10.6. The summed E-state index contributed by atoms with van der Waals surface area (Å²) in [7, 11) is 0. The Hall–Kier alpha value is -2.29. The zero-order valence-electron chi connectivity index (χ0n) is 15.8. The van der Waals surface area contributed by atoms with Crippen molar-refractivity contribution in [2.75, 3.05) is 11.4 Å². The van der Waals surface area contributed by atoms with Crippen LogP contribution in [-0.2, 0) is 9.59 Å². The van der Waals surface area contributed by atoms with E-state index in [1.807, 2.05) is 37.4 Å².